The van der Waals surface area contributed by atoms with Crippen LogP contribution < -0.4 is 10.6 Å². The zero-order chi connectivity index (χ0) is 31.7. The van der Waals surface area contributed by atoms with E-state index in [1.54, 1.807) is 28.6 Å². The minimum absolute atomic E-state index is 0.0939. The molecule has 0 aliphatic rings. The van der Waals surface area contributed by atoms with Crippen molar-refractivity contribution in [1.29, 1.82) is 0 Å². The second-order valence-electron chi connectivity index (χ2n) is 11.7. The van der Waals surface area contributed by atoms with Gasteiger partial charge in [-0.05, 0) is 66.6 Å². The number of carbonyl (C=O) groups excluding carboxylic acids is 1. The summed E-state index contributed by atoms with van der Waals surface area (Å²) in [5.74, 6) is 1.21. The van der Waals surface area contributed by atoms with Gasteiger partial charge in [0.05, 0.1) is 16.4 Å². The van der Waals surface area contributed by atoms with Crippen LogP contribution in [0.3, 0.4) is 0 Å². The summed E-state index contributed by atoms with van der Waals surface area (Å²) in [6.07, 6.45) is 1.94. The van der Waals surface area contributed by atoms with E-state index < -0.39 is 0 Å². The molecule has 0 aliphatic heterocycles. The van der Waals surface area contributed by atoms with E-state index in [2.05, 4.69) is 41.6 Å². The molecule has 45 heavy (non-hydrogen) atoms. The molecule has 0 atom stereocenters. The first kappa shape index (κ1) is 30.2. The SMILES string of the molecule is Cc1cccc(-n2nc(C(C)(C)C)cc2NC(=O)NCc2ccccc2Sc2ccc3nnc(-c4cc(O)ccc4Cl)n3c2)c1. The minimum atomic E-state index is -0.331. The van der Waals surface area contributed by atoms with Crippen molar-refractivity contribution in [3.63, 3.8) is 0 Å². The Bertz CT molecular complexity index is 2030. The van der Waals surface area contributed by atoms with Crippen LogP contribution in [0.15, 0.2) is 101 Å². The van der Waals surface area contributed by atoms with Crippen LogP contribution >= 0.6 is 23.4 Å². The summed E-state index contributed by atoms with van der Waals surface area (Å²) < 4.78 is 3.62. The second kappa shape index (κ2) is 12.3. The molecule has 0 saturated heterocycles. The fraction of sp³-hybridized carbons (Fsp3) is 0.176. The van der Waals surface area contributed by atoms with Gasteiger partial charge < -0.3 is 10.4 Å². The molecule has 0 saturated carbocycles. The van der Waals surface area contributed by atoms with Gasteiger partial charge in [-0.1, -0.05) is 74.5 Å². The van der Waals surface area contributed by atoms with E-state index in [9.17, 15) is 9.90 Å². The van der Waals surface area contributed by atoms with Crippen LogP contribution in [-0.4, -0.2) is 35.5 Å². The summed E-state index contributed by atoms with van der Waals surface area (Å²) in [5, 5.41) is 29.9. The highest BCUT2D eigenvalue weighted by molar-refractivity contribution is 7.99. The number of amides is 2. The third kappa shape index (κ3) is 6.67. The number of urea groups is 1. The Morgan fingerprint density at radius 2 is 1.80 bits per heavy atom. The molecule has 0 bridgehead atoms. The predicted octanol–water partition coefficient (Wildman–Crippen LogP) is 8.02. The first-order valence-corrected chi connectivity index (χ1v) is 15.6. The van der Waals surface area contributed by atoms with Crippen molar-refractivity contribution in [2.45, 2.75) is 49.4 Å². The molecule has 6 aromatic rings. The van der Waals surface area contributed by atoms with Gasteiger partial charge in [0.25, 0.3) is 0 Å². The summed E-state index contributed by atoms with van der Waals surface area (Å²) in [5.41, 5.74) is 4.86. The number of hydrogen-bond acceptors (Lipinski definition) is 6. The van der Waals surface area contributed by atoms with E-state index in [1.165, 1.54) is 6.07 Å². The molecule has 2 amide bonds. The van der Waals surface area contributed by atoms with Crippen LogP contribution in [0.2, 0.25) is 5.02 Å². The molecular weight excluding hydrogens is 606 g/mol. The summed E-state index contributed by atoms with van der Waals surface area (Å²) in [6, 6.07) is 26.1. The van der Waals surface area contributed by atoms with Gasteiger partial charge in [0.2, 0.25) is 0 Å². The van der Waals surface area contributed by atoms with Crippen LogP contribution in [0.25, 0.3) is 22.7 Å². The number of nitrogens with one attached hydrogen (secondary N) is 2. The molecule has 0 spiro atoms. The van der Waals surface area contributed by atoms with Gasteiger partial charge >= 0.3 is 6.03 Å². The molecule has 0 fully saturated rings. The fourth-order valence-corrected chi connectivity index (χ4v) is 5.97. The Kier molecular flexibility index (Phi) is 8.26. The Labute approximate surface area is 270 Å². The average Bonchev–Trinajstić information content (AvgIpc) is 3.62. The van der Waals surface area contributed by atoms with Crippen LogP contribution in [0.4, 0.5) is 10.6 Å². The Hall–Kier alpha value is -4.80. The van der Waals surface area contributed by atoms with Gasteiger partial charge in [0, 0.05) is 39.6 Å². The standard InChI is InChI=1S/C34H32ClN7O2S/c1-21-8-7-10-23(16-21)42-31(18-29(40-42)34(2,3)4)37-33(44)36-19-22-9-5-6-11-28(22)45-25-13-15-30-38-39-32(41(30)20-25)26-17-24(43)12-14-27(26)35/h5-18,20,43H,19H2,1-4H3,(H2,36,37,44). The van der Waals surface area contributed by atoms with E-state index in [1.807, 2.05) is 84.3 Å². The molecule has 3 aromatic carbocycles. The number of carbonyl (C=O) groups is 1. The summed E-state index contributed by atoms with van der Waals surface area (Å²) in [7, 11) is 0. The first-order chi connectivity index (χ1) is 21.5. The maximum atomic E-state index is 13.2. The van der Waals surface area contributed by atoms with Crippen molar-refractivity contribution >= 4 is 40.9 Å². The number of hydrogen-bond donors (Lipinski definition) is 3. The maximum absolute atomic E-state index is 13.2. The van der Waals surface area contributed by atoms with Crippen LogP contribution in [0.5, 0.6) is 5.75 Å². The Morgan fingerprint density at radius 1 is 0.978 bits per heavy atom. The summed E-state index contributed by atoms with van der Waals surface area (Å²) in [4.78, 5) is 15.1. The Morgan fingerprint density at radius 3 is 2.60 bits per heavy atom. The number of pyridine rings is 1. The van der Waals surface area contributed by atoms with E-state index in [0.717, 1.165) is 32.3 Å². The highest BCUT2D eigenvalue weighted by atomic mass is 35.5. The summed E-state index contributed by atoms with van der Waals surface area (Å²) >= 11 is 7.98. The number of phenolic OH excluding ortho intramolecular Hbond substituents is 1. The third-order valence-corrected chi connectivity index (χ3v) is 8.60. The third-order valence-electron chi connectivity index (χ3n) is 7.17. The second-order valence-corrected chi connectivity index (χ2v) is 13.2. The van der Waals surface area contributed by atoms with Crippen LogP contribution in [0, 0.1) is 6.92 Å². The molecule has 3 N–H and O–H groups in total. The molecule has 0 aliphatic carbocycles. The van der Waals surface area contributed by atoms with E-state index >= 15 is 0 Å². The predicted molar refractivity (Wildman–Crippen MR) is 179 cm³/mol. The van der Waals surface area contributed by atoms with Crippen molar-refractivity contribution in [1.82, 2.24) is 29.7 Å². The lowest BCUT2D eigenvalue weighted by molar-refractivity contribution is 0.251. The van der Waals surface area contributed by atoms with Gasteiger partial charge in [-0.2, -0.15) is 5.10 Å². The number of phenols is 1. The topological polar surface area (TPSA) is 109 Å². The highest BCUT2D eigenvalue weighted by Crippen LogP contribution is 2.34. The van der Waals surface area contributed by atoms with Crippen LogP contribution in [-0.2, 0) is 12.0 Å². The molecule has 228 valence electrons. The van der Waals surface area contributed by atoms with Gasteiger partial charge in [-0.3, -0.25) is 9.72 Å². The maximum Gasteiger partial charge on any atom is 0.320 e. The minimum Gasteiger partial charge on any atom is -0.508 e. The molecule has 3 heterocycles. The molecular formula is C34H32ClN7O2S. The van der Waals surface area contributed by atoms with Gasteiger partial charge in [-0.25, -0.2) is 9.48 Å². The van der Waals surface area contributed by atoms with E-state index in [4.69, 9.17) is 16.7 Å². The molecule has 9 nitrogen and oxygen atoms in total. The monoisotopic (exact) mass is 637 g/mol. The number of anilines is 1. The fourth-order valence-electron chi connectivity index (χ4n) is 4.81. The van der Waals surface area contributed by atoms with Crippen LogP contribution in [0.1, 0.15) is 37.6 Å². The van der Waals surface area contributed by atoms with Gasteiger partial charge in [0.1, 0.15) is 11.6 Å². The zero-order valence-corrected chi connectivity index (χ0v) is 26.8. The van der Waals surface area contributed by atoms with E-state index in [-0.39, 0.29) is 17.2 Å². The molecule has 6 rings (SSSR count). The molecule has 3 aromatic heterocycles. The van der Waals surface area contributed by atoms with Gasteiger partial charge in [0.15, 0.2) is 11.5 Å². The van der Waals surface area contributed by atoms with E-state index in [0.29, 0.717) is 34.4 Å². The van der Waals surface area contributed by atoms with Crippen molar-refractivity contribution in [3.05, 3.63) is 113 Å². The number of aryl methyl sites for hydroxylation is 1. The average molecular weight is 638 g/mol. The van der Waals surface area contributed by atoms with Crippen molar-refractivity contribution < 1.29 is 9.90 Å². The van der Waals surface area contributed by atoms with Gasteiger partial charge in [-0.15, -0.1) is 10.2 Å². The normalized spacial score (nSPS) is 11.6. The first-order valence-electron chi connectivity index (χ1n) is 14.4. The quantitative estimate of drug-likeness (QED) is 0.164. The Balaban J connectivity index is 1.20. The molecule has 0 radical (unpaired) electrons. The highest BCUT2D eigenvalue weighted by Gasteiger charge is 2.22. The number of benzene rings is 3. The number of nitrogens with zero attached hydrogens (tertiary/aromatic N) is 5. The zero-order valence-electron chi connectivity index (χ0n) is 25.2. The largest absolute Gasteiger partial charge is 0.508 e. The number of halogens is 1. The number of aromatic hydroxyl groups is 1. The molecule has 0 unspecified atom stereocenters. The lowest BCUT2D eigenvalue weighted by atomic mass is 9.92. The van der Waals surface area contributed by atoms with Crippen molar-refractivity contribution in [2.75, 3.05) is 5.32 Å². The molecule has 11 heteroatoms. The number of aromatic nitrogens is 5. The lowest BCUT2D eigenvalue weighted by Crippen LogP contribution is -2.29. The van der Waals surface area contributed by atoms with Crippen molar-refractivity contribution in [3.8, 4) is 22.8 Å². The number of fused-ring (bicyclic) bond motifs is 1. The smallest absolute Gasteiger partial charge is 0.320 e. The van der Waals surface area contributed by atoms with Crippen molar-refractivity contribution in [2.24, 2.45) is 0 Å². The lowest BCUT2D eigenvalue weighted by Gasteiger charge is -2.14. The number of rotatable bonds is 7. The summed E-state index contributed by atoms with van der Waals surface area (Å²) in [6.45, 7) is 8.63.